The van der Waals surface area contributed by atoms with Crippen LogP contribution in [0.3, 0.4) is 0 Å². The molecule has 89 valence electrons. The van der Waals surface area contributed by atoms with Crippen LogP contribution in [0.2, 0.25) is 5.02 Å². The summed E-state index contributed by atoms with van der Waals surface area (Å²) in [5.74, 6) is 0.557. The molecule has 2 aromatic rings. The first-order valence-electron chi connectivity index (χ1n) is 5.27. The van der Waals surface area contributed by atoms with Crippen LogP contribution in [0.5, 0.6) is 5.75 Å². The second-order valence-electron chi connectivity index (χ2n) is 3.69. The molecule has 18 heavy (non-hydrogen) atoms. The molecule has 2 rings (SSSR count). The van der Waals surface area contributed by atoms with Crippen molar-refractivity contribution in [2.24, 2.45) is 0 Å². The second-order valence-corrected chi connectivity index (χ2v) is 4.10. The first-order valence-corrected chi connectivity index (χ1v) is 5.65. The van der Waals surface area contributed by atoms with E-state index in [4.69, 9.17) is 27.3 Å². The maximum absolute atomic E-state index is 8.78. The number of nitrogens with zero attached hydrogens (tertiary/aromatic N) is 1. The van der Waals surface area contributed by atoms with E-state index in [1.807, 2.05) is 0 Å². The Morgan fingerprint density at radius 3 is 2.89 bits per heavy atom. The molecule has 0 aliphatic carbocycles. The number of rotatable bonds is 3. The summed E-state index contributed by atoms with van der Waals surface area (Å²) in [6.45, 7) is 0.305. The zero-order valence-corrected chi connectivity index (χ0v) is 10.2. The molecule has 0 aliphatic rings. The number of hydrogen-bond acceptors (Lipinski definition) is 3. The molecule has 0 heterocycles. The summed E-state index contributed by atoms with van der Waals surface area (Å²) >= 11 is 5.99. The minimum atomic E-state index is 0.305. The quantitative estimate of drug-likeness (QED) is 0.859. The van der Waals surface area contributed by atoms with E-state index in [2.05, 4.69) is 12.1 Å². The number of nitriles is 1. The van der Waals surface area contributed by atoms with Crippen LogP contribution in [-0.4, -0.2) is 0 Å². The SMILES string of the molecule is N#Cc1cc[c]c(COc2ccc(N)cc2Cl)c1. The largest absolute Gasteiger partial charge is 0.487 e. The fourth-order valence-corrected chi connectivity index (χ4v) is 1.70. The molecule has 0 saturated carbocycles. The van der Waals surface area contributed by atoms with Crippen molar-refractivity contribution in [3.8, 4) is 11.8 Å². The third-order valence-electron chi connectivity index (χ3n) is 2.33. The molecule has 0 atom stereocenters. The van der Waals surface area contributed by atoms with Crippen LogP contribution >= 0.6 is 11.6 Å². The molecular formula is C14H10ClN2O. The normalized spacial score (nSPS) is 9.78. The van der Waals surface area contributed by atoms with Gasteiger partial charge in [-0.15, -0.1) is 0 Å². The molecule has 2 N–H and O–H groups in total. The Labute approximate surface area is 110 Å². The number of halogens is 1. The van der Waals surface area contributed by atoms with Gasteiger partial charge in [-0.1, -0.05) is 17.7 Å². The number of nitrogens with two attached hydrogens (primary N) is 1. The van der Waals surface area contributed by atoms with E-state index in [0.29, 0.717) is 28.6 Å². The zero-order valence-electron chi connectivity index (χ0n) is 9.48. The highest BCUT2D eigenvalue weighted by atomic mass is 35.5. The van der Waals surface area contributed by atoms with Crippen molar-refractivity contribution in [2.75, 3.05) is 5.73 Å². The molecule has 0 saturated heterocycles. The summed E-state index contributed by atoms with van der Waals surface area (Å²) in [6, 6.07) is 15.2. The third-order valence-corrected chi connectivity index (χ3v) is 2.62. The van der Waals surface area contributed by atoms with Crippen LogP contribution in [0.15, 0.2) is 36.4 Å². The Balaban J connectivity index is 2.09. The summed E-state index contributed by atoms with van der Waals surface area (Å²) in [5.41, 5.74) is 7.55. The molecule has 2 aromatic carbocycles. The molecule has 0 aromatic heterocycles. The Morgan fingerprint density at radius 2 is 2.17 bits per heavy atom. The summed E-state index contributed by atoms with van der Waals surface area (Å²) in [6.07, 6.45) is 0. The van der Waals surface area contributed by atoms with Crippen molar-refractivity contribution in [1.82, 2.24) is 0 Å². The van der Waals surface area contributed by atoms with Gasteiger partial charge in [-0.2, -0.15) is 5.26 Å². The Kier molecular flexibility index (Phi) is 3.71. The van der Waals surface area contributed by atoms with Gasteiger partial charge in [0.2, 0.25) is 0 Å². The molecule has 4 heteroatoms. The van der Waals surface area contributed by atoms with Crippen molar-refractivity contribution in [3.05, 3.63) is 58.6 Å². The lowest BCUT2D eigenvalue weighted by Crippen LogP contribution is -1.97. The number of anilines is 1. The highest BCUT2D eigenvalue weighted by Gasteiger charge is 2.03. The highest BCUT2D eigenvalue weighted by molar-refractivity contribution is 6.32. The summed E-state index contributed by atoms with van der Waals surface area (Å²) in [5, 5.41) is 9.25. The second kappa shape index (κ2) is 5.44. The lowest BCUT2D eigenvalue weighted by molar-refractivity contribution is 0.306. The maximum atomic E-state index is 8.78. The minimum absolute atomic E-state index is 0.305. The van der Waals surface area contributed by atoms with Gasteiger partial charge < -0.3 is 10.5 Å². The van der Waals surface area contributed by atoms with Crippen molar-refractivity contribution in [3.63, 3.8) is 0 Å². The Bertz CT molecular complexity index is 605. The maximum Gasteiger partial charge on any atom is 0.138 e. The first kappa shape index (κ1) is 12.3. The van der Waals surface area contributed by atoms with E-state index in [9.17, 15) is 0 Å². The van der Waals surface area contributed by atoms with Gasteiger partial charge in [0.1, 0.15) is 12.4 Å². The van der Waals surface area contributed by atoms with Gasteiger partial charge in [0.15, 0.2) is 0 Å². The predicted molar refractivity (Wildman–Crippen MR) is 70.2 cm³/mol. The average Bonchev–Trinajstić information content (AvgIpc) is 2.38. The topological polar surface area (TPSA) is 59.0 Å². The number of nitrogen functional groups attached to an aromatic ring is 1. The van der Waals surface area contributed by atoms with Crippen LogP contribution in [0.1, 0.15) is 11.1 Å². The number of ether oxygens (including phenoxy) is 1. The lowest BCUT2D eigenvalue weighted by Gasteiger charge is -2.08. The lowest BCUT2D eigenvalue weighted by atomic mass is 10.1. The summed E-state index contributed by atoms with van der Waals surface area (Å²) in [4.78, 5) is 0. The van der Waals surface area contributed by atoms with E-state index < -0.39 is 0 Å². The van der Waals surface area contributed by atoms with Gasteiger partial charge in [0.25, 0.3) is 0 Å². The monoisotopic (exact) mass is 257 g/mol. The Morgan fingerprint density at radius 1 is 1.33 bits per heavy atom. The van der Waals surface area contributed by atoms with Gasteiger partial charge >= 0.3 is 0 Å². The van der Waals surface area contributed by atoms with Crippen molar-refractivity contribution in [2.45, 2.75) is 6.61 Å². The molecule has 0 spiro atoms. The van der Waals surface area contributed by atoms with E-state index in [1.54, 1.807) is 36.4 Å². The van der Waals surface area contributed by atoms with Crippen LogP contribution in [0, 0.1) is 17.4 Å². The molecular weight excluding hydrogens is 248 g/mol. The zero-order chi connectivity index (χ0) is 13.0. The smallest absolute Gasteiger partial charge is 0.138 e. The van der Waals surface area contributed by atoms with E-state index in [-0.39, 0.29) is 0 Å². The standard InChI is InChI=1S/C14H10ClN2O/c15-13-7-12(17)4-5-14(13)18-9-11-3-1-2-10(6-11)8-16/h1-2,4-7H,9,17H2. The van der Waals surface area contributed by atoms with Gasteiger partial charge in [-0.3, -0.25) is 0 Å². The molecule has 0 aliphatic heterocycles. The van der Waals surface area contributed by atoms with Crippen LogP contribution in [0.25, 0.3) is 0 Å². The highest BCUT2D eigenvalue weighted by Crippen LogP contribution is 2.27. The molecule has 0 amide bonds. The van der Waals surface area contributed by atoms with E-state index in [0.717, 1.165) is 5.56 Å². The van der Waals surface area contributed by atoms with Gasteiger partial charge in [0, 0.05) is 5.69 Å². The van der Waals surface area contributed by atoms with Crippen molar-refractivity contribution < 1.29 is 4.74 Å². The summed E-state index contributed by atoms with van der Waals surface area (Å²) < 4.78 is 5.55. The molecule has 0 unspecified atom stereocenters. The van der Waals surface area contributed by atoms with E-state index >= 15 is 0 Å². The molecule has 0 bridgehead atoms. The molecule has 0 fully saturated rings. The van der Waals surface area contributed by atoms with E-state index in [1.165, 1.54) is 0 Å². The predicted octanol–water partition coefficient (Wildman–Crippen LogP) is 3.17. The molecule has 3 nitrogen and oxygen atoms in total. The average molecular weight is 258 g/mol. The minimum Gasteiger partial charge on any atom is -0.487 e. The fraction of sp³-hybridized carbons (Fsp3) is 0.0714. The summed E-state index contributed by atoms with van der Waals surface area (Å²) in [7, 11) is 0. The number of hydrogen-bond donors (Lipinski definition) is 1. The van der Waals surface area contributed by atoms with Crippen LogP contribution in [-0.2, 0) is 6.61 Å². The van der Waals surface area contributed by atoms with Crippen molar-refractivity contribution in [1.29, 1.82) is 5.26 Å². The van der Waals surface area contributed by atoms with Gasteiger partial charge in [-0.05, 0) is 42.0 Å². The van der Waals surface area contributed by atoms with Gasteiger partial charge in [-0.25, -0.2) is 0 Å². The fourth-order valence-electron chi connectivity index (χ4n) is 1.46. The Hall–Kier alpha value is -2.18. The first-order chi connectivity index (χ1) is 8.69. The van der Waals surface area contributed by atoms with Gasteiger partial charge in [0.05, 0.1) is 16.7 Å². The molecule has 1 radical (unpaired) electrons. The van der Waals surface area contributed by atoms with Crippen LogP contribution in [0.4, 0.5) is 5.69 Å². The van der Waals surface area contributed by atoms with Crippen LogP contribution < -0.4 is 10.5 Å². The van der Waals surface area contributed by atoms with Crippen molar-refractivity contribution >= 4 is 17.3 Å². The number of benzene rings is 2. The third kappa shape index (κ3) is 2.93.